The number of hydrogen-bond acceptors (Lipinski definition) is 8. The molecule has 0 fully saturated rings. The predicted molar refractivity (Wildman–Crippen MR) is 175 cm³/mol. The zero-order chi connectivity index (χ0) is 33.6. The lowest BCUT2D eigenvalue weighted by Crippen LogP contribution is -2.29. The number of halogens is 2. The average Bonchev–Trinajstić information content (AvgIpc) is 3.65. The van der Waals surface area contributed by atoms with Crippen LogP contribution in [0.2, 0.25) is 0 Å². The van der Waals surface area contributed by atoms with Crippen molar-refractivity contribution >= 4 is 35.9 Å². The summed E-state index contributed by atoms with van der Waals surface area (Å²) in [4.78, 5) is 40.7. The molecule has 1 aliphatic heterocycles. The van der Waals surface area contributed by atoms with Crippen LogP contribution in [-0.4, -0.2) is 48.8 Å². The number of rotatable bonds is 5. The normalized spacial score (nSPS) is 15.8. The highest BCUT2D eigenvalue weighted by atomic mass is 35.5. The van der Waals surface area contributed by atoms with Crippen LogP contribution in [0.4, 0.5) is 4.39 Å². The molecule has 2 aromatic carbocycles. The Hall–Kier alpha value is -4.55. The zero-order valence-electron chi connectivity index (χ0n) is 27.1. The molecule has 13 heteroatoms. The van der Waals surface area contributed by atoms with Crippen molar-refractivity contribution in [3.8, 4) is 5.75 Å². The number of nitrogens with one attached hydrogen (secondary N) is 1. The standard InChI is InChI=1S/C23H23FN4O5.C11H15NO.ClH/c1-11-12-7-8-16(14(12)6-5-13(11)22(32)33-23(2,3)4)27-20(29)18-9-17(21(30)31)26-19-15(24)10-25-28(18)19;1-11(2)6-9-5-8(7-12)3-4-10(9)13-11;/h5-6,9-10,16H,7-8H2,1-4H3,(H,27,29)(H,30,31);3-5H,6-7,12H2,1-2H3;1H/t16-;;/m0../s1. The number of aromatic nitrogens is 3. The Morgan fingerprint density at radius 1 is 1.19 bits per heavy atom. The van der Waals surface area contributed by atoms with E-state index in [0.717, 1.165) is 45.6 Å². The van der Waals surface area contributed by atoms with Crippen molar-refractivity contribution in [1.82, 2.24) is 19.9 Å². The van der Waals surface area contributed by atoms with Gasteiger partial charge in [-0.3, -0.25) is 4.79 Å². The van der Waals surface area contributed by atoms with Gasteiger partial charge in [0.25, 0.3) is 5.91 Å². The molecule has 0 radical (unpaired) electrons. The molecule has 3 heterocycles. The molecule has 11 nitrogen and oxygen atoms in total. The van der Waals surface area contributed by atoms with Crippen molar-refractivity contribution in [2.24, 2.45) is 5.73 Å². The summed E-state index contributed by atoms with van der Waals surface area (Å²) >= 11 is 0. The van der Waals surface area contributed by atoms with Crippen LogP contribution in [-0.2, 0) is 24.1 Å². The highest BCUT2D eigenvalue weighted by molar-refractivity contribution is 5.96. The highest BCUT2D eigenvalue weighted by Gasteiger charge is 2.31. The summed E-state index contributed by atoms with van der Waals surface area (Å²) in [7, 11) is 0. The molecule has 6 rings (SSSR count). The van der Waals surface area contributed by atoms with Gasteiger partial charge in [0.2, 0.25) is 0 Å². The number of esters is 1. The summed E-state index contributed by atoms with van der Waals surface area (Å²) in [5.41, 5.74) is 9.53. The number of carboxylic acids is 1. The van der Waals surface area contributed by atoms with Gasteiger partial charge in [0.1, 0.15) is 22.6 Å². The van der Waals surface area contributed by atoms with Gasteiger partial charge in [-0.2, -0.15) is 5.10 Å². The third kappa shape index (κ3) is 7.55. The number of nitrogens with two attached hydrogens (primary N) is 1. The minimum absolute atomic E-state index is 0. The van der Waals surface area contributed by atoms with Gasteiger partial charge >= 0.3 is 11.9 Å². The van der Waals surface area contributed by atoms with Gasteiger partial charge in [-0.15, -0.1) is 12.4 Å². The molecule has 4 N–H and O–H groups in total. The average molecular weight is 668 g/mol. The minimum atomic E-state index is -1.39. The van der Waals surface area contributed by atoms with Gasteiger partial charge in [-0.25, -0.2) is 23.5 Å². The second kappa shape index (κ2) is 13.3. The maximum absolute atomic E-state index is 14.0. The van der Waals surface area contributed by atoms with Crippen molar-refractivity contribution < 1.29 is 33.4 Å². The number of fused-ring (bicyclic) bond motifs is 3. The molecule has 1 amide bonds. The molecule has 1 aliphatic carbocycles. The van der Waals surface area contributed by atoms with Gasteiger partial charge in [0.05, 0.1) is 17.8 Å². The quantitative estimate of drug-likeness (QED) is 0.233. The Morgan fingerprint density at radius 2 is 1.91 bits per heavy atom. The van der Waals surface area contributed by atoms with Crippen LogP contribution in [0.25, 0.3) is 5.65 Å². The van der Waals surface area contributed by atoms with Crippen LogP contribution in [0.5, 0.6) is 5.75 Å². The molecule has 0 saturated carbocycles. The number of hydrogen-bond donors (Lipinski definition) is 3. The van der Waals surface area contributed by atoms with Gasteiger partial charge in [-0.1, -0.05) is 18.2 Å². The SMILES string of the molecule is CC1(C)Cc2cc(CN)ccc2O1.Cc1c(C(=O)OC(C)(C)C)ccc2c1CC[C@@H]2NC(=O)c1cc(C(=O)O)nc2c(F)cnn12.Cl. The smallest absolute Gasteiger partial charge is 0.354 e. The fourth-order valence-corrected chi connectivity index (χ4v) is 5.81. The van der Waals surface area contributed by atoms with Gasteiger partial charge in [-0.05, 0) is 94.3 Å². The molecule has 1 atom stereocenters. The topological polar surface area (TPSA) is 158 Å². The van der Waals surface area contributed by atoms with Crippen molar-refractivity contribution in [3.05, 3.63) is 93.2 Å². The van der Waals surface area contributed by atoms with Crippen LogP contribution in [0.15, 0.2) is 42.6 Å². The van der Waals surface area contributed by atoms with Crippen LogP contribution < -0.4 is 15.8 Å². The van der Waals surface area contributed by atoms with E-state index >= 15 is 0 Å². The first-order valence-electron chi connectivity index (χ1n) is 15.0. The molecule has 4 aromatic rings. The molecule has 0 spiro atoms. The Labute approximate surface area is 278 Å². The number of ether oxygens (including phenoxy) is 2. The number of benzene rings is 2. The van der Waals surface area contributed by atoms with E-state index < -0.39 is 35.0 Å². The largest absolute Gasteiger partial charge is 0.487 e. The van der Waals surface area contributed by atoms with Gasteiger partial charge < -0.3 is 25.6 Å². The van der Waals surface area contributed by atoms with E-state index in [1.165, 1.54) is 11.1 Å². The van der Waals surface area contributed by atoms with Crippen LogP contribution in [0.3, 0.4) is 0 Å². The van der Waals surface area contributed by atoms with E-state index in [1.54, 1.807) is 32.9 Å². The third-order valence-electron chi connectivity index (χ3n) is 7.86. The Balaban J connectivity index is 0.000000298. The lowest BCUT2D eigenvalue weighted by Gasteiger charge is -2.21. The van der Waals surface area contributed by atoms with Crippen LogP contribution in [0.1, 0.15) is 106 Å². The molecule has 0 unspecified atom stereocenters. The Bertz CT molecular complexity index is 1870. The number of carboxylic acid groups (broad SMARTS) is 1. The predicted octanol–water partition coefficient (Wildman–Crippen LogP) is 5.53. The molecule has 47 heavy (non-hydrogen) atoms. The summed E-state index contributed by atoms with van der Waals surface area (Å²) in [6.45, 7) is 12.1. The lowest BCUT2D eigenvalue weighted by atomic mass is 9.97. The fraction of sp³-hybridized carbons (Fsp3) is 0.382. The zero-order valence-corrected chi connectivity index (χ0v) is 28.0. The lowest BCUT2D eigenvalue weighted by molar-refractivity contribution is 0.00682. The number of carbonyl (C=O) groups is 3. The Morgan fingerprint density at radius 3 is 2.57 bits per heavy atom. The van der Waals surface area contributed by atoms with E-state index in [2.05, 4.69) is 35.3 Å². The number of aromatic carboxylic acids is 1. The first-order chi connectivity index (χ1) is 21.6. The molecule has 250 valence electrons. The molecule has 0 saturated heterocycles. The summed E-state index contributed by atoms with van der Waals surface area (Å²) in [5, 5.41) is 16.0. The van der Waals surface area contributed by atoms with E-state index in [4.69, 9.17) is 15.2 Å². The van der Waals surface area contributed by atoms with Crippen molar-refractivity contribution in [1.29, 1.82) is 0 Å². The number of carbonyl (C=O) groups excluding carboxylic acids is 2. The number of amides is 1. The summed E-state index contributed by atoms with van der Waals surface area (Å²) in [6.07, 6.45) is 3.09. The van der Waals surface area contributed by atoms with Crippen LogP contribution >= 0.6 is 12.4 Å². The maximum Gasteiger partial charge on any atom is 0.354 e. The molecule has 2 aliphatic rings. The van der Waals surface area contributed by atoms with Crippen molar-refractivity contribution in [3.63, 3.8) is 0 Å². The molecule has 0 bridgehead atoms. The second-order valence-electron chi connectivity index (χ2n) is 13.1. The monoisotopic (exact) mass is 667 g/mol. The second-order valence-corrected chi connectivity index (χ2v) is 13.1. The molecular weight excluding hydrogens is 629 g/mol. The highest BCUT2D eigenvalue weighted by Crippen LogP contribution is 2.36. The summed E-state index contributed by atoms with van der Waals surface area (Å²) < 4.78 is 26.2. The van der Waals surface area contributed by atoms with E-state index in [9.17, 15) is 23.9 Å². The maximum atomic E-state index is 14.0. The van der Waals surface area contributed by atoms with Crippen molar-refractivity contribution in [2.45, 2.75) is 84.6 Å². The summed E-state index contributed by atoms with van der Waals surface area (Å²) in [6, 6.07) is 10.4. The van der Waals surface area contributed by atoms with Crippen molar-refractivity contribution in [2.75, 3.05) is 0 Å². The fourth-order valence-electron chi connectivity index (χ4n) is 5.81. The molecule has 2 aromatic heterocycles. The third-order valence-corrected chi connectivity index (χ3v) is 7.86. The first-order valence-corrected chi connectivity index (χ1v) is 15.0. The summed E-state index contributed by atoms with van der Waals surface area (Å²) in [5.74, 6) is -2.22. The molecular formula is C34H39ClFN5O6. The number of nitrogens with zero attached hydrogens (tertiary/aromatic N) is 3. The van der Waals surface area contributed by atoms with E-state index in [-0.39, 0.29) is 35.4 Å². The van der Waals surface area contributed by atoms with E-state index in [1.807, 2.05) is 19.1 Å². The minimum Gasteiger partial charge on any atom is -0.487 e. The van der Waals surface area contributed by atoms with E-state index in [0.29, 0.717) is 24.9 Å². The Kier molecular flexibility index (Phi) is 9.98. The van der Waals surface area contributed by atoms with Gasteiger partial charge in [0, 0.05) is 19.0 Å². The first kappa shape index (κ1) is 35.3. The van der Waals surface area contributed by atoms with Crippen LogP contribution in [0, 0.1) is 12.7 Å². The van der Waals surface area contributed by atoms with Gasteiger partial charge in [0.15, 0.2) is 17.2 Å².